The van der Waals surface area contributed by atoms with Crippen LogP contribution < -0.4 is 5.32 Å². The van der Waals surface area contributed by atoms with Gasteiger partial charge in [0, 0.05) is 18.6 Å². The fourth-order valence-electron chi connectivity index (χ4n) is 1.77. The van der Waals surface area contributed by atoms with Gasteiger partial charge in [0.1, 0.15) is 0 Å². The first-order valence-electron chi connectivity index (χ1n) is 4.34. The highest BCUT2D eigenvalue weighted by molar-refractivity contribution is 5.64. The van der Waals surface area contributed by atoms with Gasteiger partial charge in [-0.2, -0.15) is 0 Å². The molecule has 1 aliphatic rings. The van der Waals surface area contributed by atoms with Gasteiger partial charge >= 0.3 is 6.09 Å². The van der Waals surface area contributed by atoms with E-state index in [1.165, 1.54) is 0 Å². The van der Waals surface area contributed by atoms with Crippen LogP contribution in [0, 0.1) is 5.92 Å². The number of hydrogen-bond acceptors (Lipinski definition) is 2. The number of aliphatic hydroxyl groups is 1. The first-order valence-corrected chi connectivity index (χ1v) is 4.34. The third-order valence-electron chi connectivity index (χ3n) is 2.45. The second kappa shape index (κ2) is 4.30. The molecule has 3 N–H and O–H groups in total. The summed E-state index contributed by atoms with van der Waals surface area (Å²) in [5, 5.41) is 19.9. The Morgan fingerprint density at radius 1 is 1.42 bits per heavy atom. The Hall–Kier alpha value is -0.770. The van der Waals surface area contributed by atoms with E-state index >= 15 is 0 Å². The van der Waals surface area contributed by atoms with Crippen molar-refractivity contribution in [2.75, 3.05) is 6.61 Å². The quantitative estimate of drug-likeness (QED) is 0.578. The van der Waals surface area contributed by atoms with Gasteiger partial charge in [0.2, 0.25) is 0 Å². The van der Waals surface area contributed by atoms with Gasteiger partial charge < -0.3 is 15.5 Å². The van der Waals surface area contributed by atoms with Crippen LogP contribution in [0.3, 0.4) is 0 Å². The van der Waals surface area contributed by atoms with Crippen LogP contribution in [-0.2, 0) is 0 Å². The van der Waals surface area contributed by atoms with E-state index < -0.39 is 6.09 Å². The van der Waals surface area contributed by atoms with Gasteiger partial charge in [0.15, 0.2) is 0 Å². The summed E-state index contributed by atoms with van der Waals surface area (Å²) in [6, 6.07) is -0.0405. The molecule has 0 radical (unpaired) electrons. The zero-order chi connectivity index (χ0) is 8.97. The molecular formula is C8H15NO3. The Morgan fingerprint density at radius 2 is 2.08 bits per heavy atom. The summed E-state index contributed by atoms with van der Waals surface area (Å²) in [5.74, 6) is 0.120. The molecule has 0 bridgehead atoms. The van der Waals surface area contributed by atoms with Gasteiger partial charge in [-0.1, -0.05) is 12.8 Å². The lowest BCUT2D eigenvalue weighted by Crippen LogP contribution is -2.42. The zero-order valence-electron chi connectivity index (χ0n) is 6.99. The van der Waals surface area contributed by atoms with Crippen LogP contribution >= 0.6 is 0 Å². The van der Waals surface area contributed by atoms with Crippen molar-refractivity contribution in [3.05, 3.63) is 0 Å². The Morgan fingerprint density at radius 3 is 2.67 bits per heavy atom. The summed E-state index contributed by atoms with van der Waals surface area (Å²) in [6.45, 7) is 0.0882. The van der Waals surface area contributed by atoms with Crippen molar-refractivity contribution in [3.8, 4) is 0 Å². The van der Waals surface area contributed by atoms with Crippen LogP contribution in [-0.4, -0.2) is 29.0 Å². The molecule has 0 aliphatic heterocycles. The van der Waals surface area contributed by atoms with E-state index in [9.17, 15) is 4.79 Å². The third-order valence-corrected chi connectivity index (χ3v) is 2.45. The summed E-state index contributed by atoms with van der Waals surface area (Å²) >= 11 is 0. The van der Waals surface area contributed by atoms with E-state index in [-0.39, 0.29) is 18.6 Å². The summed E-state index contributed by atoms with van der Waals surface area (Å²) in [5.41, 5.74) is 0. The van der Waals surface area contributed by atoms with Crippen molar-refractivity contribution >= 4 is 6.09 Å². The standard InChI is InChI=1S/C8H15NO3/c10-5-6-3-1-2-4-7(6)9-8(11)12/h6-7,9-10H,1-5H2,(H,11,12)/t6-,7+/m1/s1. The van der Waals surface area contributed by atoms with Crippen molar-refractivity contribution in [3.63, 3.8) is 0 Å². The van der Waals surface area contributed by atoms with Crippen LogP contribution in [0.1, 0.15) is 25.7 Å². The Labute approximate surface area is 71.6 Å². The average Bonchev–Trinajstić information content (AvgIpc) is 2.04. The molecule has 0 aromatic carbocycles. The van der Waals surface area contributed by atoms with Crippen LogP contribution in [0.4, 0.5) is 4.79 Å². The molecular weight excluding hydrogens is 158 g/mol. The smallest absolute Gasteiger partial charge is 0.404 e. The molecule has 1 amide bonds. The van der Waals surface area contributed by atoms with Gasteiger partial charge in [0.25, 0.3) is 0 Å². The van der Waals surface area contributed by atoms with Gasteiger partial charge in [-0.05, 0) is 12.8 Å². The fourth-order valence-corrected chi connectivity index (χ4v) is 1.77. The van der Waals surface area contributed by atoms with Crippen molar-refractivity contribution in [1.29, 1.82) is 0 Å². The Bertz CT molecular complexity index is 160. The van der Waals surface area contributed by atoms with Crippen LogP contribution in [0.2, 0.25) is 0 Å². The van der Waals surface area contributed by atoms with Crippen molar-refractivity contribution in [2.45, 2.75) is 31.7 Å². The molecule has 1 fully saturated rings. The lowest BCUT2D eigenvalue weighted by molar-refractivity contribution is 0.140. The summed E-state index contributed by atoms with van der Waals surface area (Å²) < 4.78 is 0. The molecule has 0 aromatic heterocycles. The van der Waals surface area contributed by atoms with Gasteiger partial charge in [-0.15, -0.1) is 0 Å². The first-order chi connectivity index (χ1) is 5.74. The molecule has 70 valence electrons. The maximum Gasteiger partial charge on any atom is 0.404 e. The Kier molecular flexibility index (Phi) is 3.34. The molecule has 1 saturated carbocycles. The third kappa shape index (κ3) is 2.37. The number of amides is 1. The van der Waals surface area contributed by atoms with E-state index in [4.69, 9.17) is 10.2 Å². The SMILES string of the molecule is O=C(O)N[C@H]1CCCC[C@@H]1CO. The van der Waals surface area contributed by atoms with E-state index in [2.05, 4.69) is 5.32 Å². The normalized spacial score (nSPS) is 29.8. The van der Waals surface area contributed by atoms with Crippen molar-refractivity contribution < 1.29 is 15.0 Å². The van der Waals surface area contributed by atoms with Crippen LogP contribution in [0.5, 0.6) is 0 Å². The highest BCUT2D eigenvalue weighted by Crippen LogP contribution is 2.23. The largest absolute Gasteiger partial charge is 0.465 e. The van der Waals surface area contributed by atoms with E-state index in [1.54, 1.807) is 0 Å². The Balaban J connectivity index is 2.41. The molecule has 4 nitrogen and oxygen atoms in total. The monoisotopic (exact) mass is 173 g/mol. The van der Waals surface area contributed by atoms with Gasteiger partial charge in [0.05, 0.1) is 0 Å². The van der Waals surface area contributed by atoms with E-state index in [0.717, 1.165) is 25.7 Å². The van der Waals surface area contributed by atoms with Crippen LogP contribution in [0.15, 0.2) is 0 Å². The number of hydrogen-bond donors (Lipinski definition) is 3. The number of rotatable bonds is 2. The number of carboxylic acid groups (broad SMARTS) is 1. The van der Waals surface area contributed by atoms with Crippen molar-refractivity contribution in [1.82, 2.24) is 5.32 Å². The predicted molar refractivity (Wildman–Crippen MR) is 44.0 cm³/mol. The maximum atomic E-state index is 10.3. The summed E-state index contributed by atoms with van der Waals surface area (Å²) in [4.78, 5) is 10.3. The highest BCUT2D eigenvalue weighted by atomic mass is 16.4. The number of nitrogens with one attached hydrogen (secondary N) is 1. The molecule has 4 heteroatoms. The molecule has 0 aromatic rings. The highest BCUT2D eigenvalue weighted by Gasteiger charge is 2.25. The molecule has 0 spiro atoms. The maximum absolute atomic E-state index is 10.3. The van der Waals surface area contributed by atoms with Crippen molar-refractivity contribution in [2.24, 2.45) is 5.92 Å². The summed E-state index contributed by atoms with van der Waals surface area (Å²) in [6.07, 6.45) is 2.96. The van der Waals surface area contributed by atoms with Gasteiger partial charge in [-0.25, -0.2) is 4.79 Å². The molecule has 0 heterocycles. The van der Waals surface area contributed by atoms with Crippen LogP contribution in [0.25, 0.3) is 0 Å². The average molecular weight is 173 g/mol. The lowest BCUT2D eigenvalue weighted by Gasteiger charge is -2.29. The lowest BCUT2D eigenvalue weighted by atomic mass is 9.85. The fraction of sp³-hybridized carbons (Fsp3) is 0.875. The minimum Gasteiger partial charge on any atom is -0.465 e. The molecule has 0 unspecified atom stereocenters. The van der Waals surface area contributed by atoms with E-state index in [1.807, 2.05) is 0 Å². The number of aliphatic hydroxyl groups excluding tert-OH is 1. The summed E-state index contributed by atoms with van der Waals surface area (Å²) in [7, 11) is 0. The number of carbonyl (C=O) groups is 1. The topological polar surface area (TPSA) is 69.6 Å². The molecule has 12 heavy (non-hydrogen) atoms. The molecule has 1 aliphatic carbocycles. The second-order valence-electron chi connectivity index (χ2n) is 3.28. The minimum absolute atomic E-state index is 0.0405. The first kappa shape index (κ1) is 9.32. The molecule has 1 rings (SSSR count). The van der Waals surface area contributed by atoms with E-state index in [0.29, 0.717) is 0 Å². The predicted octanol–water partition coefficient (Wildman–Crippen LogP) is 0.805. The minimum atomic E-state index is -0.986. The molecule has 0 saturated heterocycles. The zero-order valence-corrected chi connectivity index (χ0v) is 6.99. The second-order valence-corrected chi connectivity index (χ2v) is 3.28. The van der Waals surface area contributed by atoms with Gasteiger partial charge in [-0.3, -0.25) is 0 Å². The molecule has 2 atom stereocenters.